The molecule has 0 aliphatic carbocycles. The van der Waals surface area contributed by atoms with E-state index in [1.807, 2.05) is 0 Å². The number of non-ortho nitro benzene ring substituents is 1. The molecule has 0 bridgehead atoms. The topological polar surface area (TPSA) is 84.3 Å². The lowest BCUT2D eigenvalue weighted by Gasteiger charge is -2.04. The first-order valence-electron chi connectivity index (χ1n) is 6.29. The quantitative estimate of drug-likeness (QED) is 0.669. The van der Waals surface area contributed by atoms with Crippen molar-refractivity contribution in [3.05, 3.63) is 76.2 Å². The molecule has 0 unspecified atom stereocenters. The fourth-order valence-corrected chi connectivity index (χ4v) is 1.62. The maximum Gasteiger partial charge on any atom is 0.323 e. The average molecular weight is 301 g/mol. The molecule has 2 aromatic rings. The lowest BCUT2D eigenvalue weighted by Crippen LogP contribution is -2.23. The van der Waals surface area contributed by atoms with Gasteiger partial charge in [0, 0.05) is 24.0 Å². The third-order valence-electron chi connectivity index (χ3n) is 2.70. The van der Waals surface area contributed by atoms with Gasteiger partial charge in [0.25, 0.3) is 5.69 Å². The van der Waals surface area contributed by atoms with Crippen LogP contribution >= 0.6 is 0 Å². The Bertz CT molecular complexity index is 697. The molecule has 0 fully saturated rings. The summed E-state index contributed by atoms with van der Waals surface area (Å²) in [6, 6.07) is 10.7. The Morgan fingerprint density at radius 1 is 1.09 bits per heavy atom. The number of carbonyl (C=O) groups excluding carboxylic acids is 1. The molecule has 7 heteroatoms. The Morgan fingerprint density at radius 3 is 2.32 bits per heavy atom. The first-order chi connectivity index (χ1) is 10.5. The van der Waals surface area contributed by atoms with Crippen molar-refractivity contribution in [2.24, 2.45) is 0 Å². The Balaban J connectivity index is 1.87. The van der Waals surface area contributed by atoms with Gasteiger partial charge in [-0.15, -0.1) is 0 Å². The summed E-state index contributed by atoms with van der Waals surface area (Å²) in [6.45, 7) is 0. The number of rotatable bonds is 4. The number of anilines is 1. The lowest BCUT2D eigenvalue weighted by molar-refractivity contribution is -0.384. The first-order valence-corrected chi connectivity index (χ1v) is 6.29. The summed E-state index contributed by atoms with van der Waals surface area (Å²) in [7, 11) is 0. The molecule has 112 valence electrons. The molecule has 0 saturated heterocycles. The van der Waals surface area contributed by atoms with Gasteiger partial charge in [0.05, 0.1) is 4.92 Å². The highest BCUT2D eigenvalue weighted by Crippen LogP contribution is 2.15. The van der Waals surface area contributed by atoms with Gasteiger partial charge in [-0.1, -0.05) is 12.1 Å². The summed E-state index contributed by atoms with van der Waals surface area (Å²) in [5, 5.41) is 15.5. The number of carbonyl (C=O) groups is 1. The zero-order chi connectivity index (χ0) is 15.9. The molecular weight excluding hydrogens is 289 g/mol. The van der Waals surface area contributed by atoms with Crippen LogP contribution in [-0.4, -0.2) is 11.0 Å². The van der Waals surface area contributed by atoms with E-state index in [-0.39, 0.29) is 11.5 Å². The van der Waals surface area contributed by atoms with Gasteiger partial charge in [-0.05, 0) is 35.9 Å². The number of urea groups is 1. The summed E-state index contributed by atoms with van der Waals surface area (Å²) < 4.78 is 12.7. The molecule has 6 nitrogen and oxygen atoms in total. The van der Waals surface area contributed by atoms with Crippen molar-refractivity contribution in [1.29, 1.82) is 0 Å². The van der Waals surface area contributed by atoms with Gasteiger partial charge in [0.1, 0.15) is 5.82 Å². The fraction of sp³-hybridized carbons (Fsp3) is 0. The first kappa shape index (κ1) is 15.2. The molecule has 2 N–H and O–H groups in total. The van der Waals surface area contributed by atoms with E-state index in [2.05, 4.69) is 10.6 Å². The lowest BCUT2D eigenvalue weighted by atomic mass is 10.2. The van der Waals surface area contributed by atoms with Crippen LogP contribution in [0.5, 0.6) is 0 Å². The Morgan fingerprint density at radius 2 is 1.73 bits per heavy atom. The van der Waals surface area contributed by atoms with E-state index in [9.17, 15) is 19.3 Å². The number of hydrogen-bond acceptors (Lipinski definition) is 3. The summed E-state index contributed by atoms with van der Waals surface area (Å²) in [4.78, 5) is 21.6. The van der Waals surface area contributed by atoms with Crippen LogP contribution in [0.3, 0.4) is 0 Å². The van der Waals surface area contributed by atoms with Crippen LogP contribution in [0.25, 0.3) is 6.08 Å². The zero-order valence-corrected chi connectivity index (χ0v) is 11.3. The second-order valence-corrected chi connectivity index (χ2v) is 4.29. The highest BCUT2D eigenvalue weighted by atomic mass is 19.1. The summed E-state index contributed by atoms with van der Waals surface area (Å²) >= 11 is 0. The van der Waals surface area contributed by atoms with Gasteiger partial charge >= 0.3 is 6.03 Å². The Kier molecular flexibility index (Phi) is 4.81. The van der Waals surface area contributed by atoms with Gasteiger partial charge in [-0.3, -0.25) is 10.1 Å². The SMILES string of the molecule is O=C(N/C=C/c1ccc(F)cc1)Nc1ccc([N+](=O)[O-])cc1. The van der Waals surface area contributed by atoms with E-state index in [4.69, 9.17) is 0 Å². The van der Waals surface area contributed by atoms with E-state index in [1.165, 1.54) is 42.6 Å². The minimum absolute atomic E-state index is 0.0536. The maximum absolute atomic E-state index is 12.7. The monoisotopic (exact) mass is 301 g/mol. The molecule has 0 saturated carbocycles. The summed E-state index contributed by atoms with van der Waals surface area (Å²) in [5.74, 6) is -0.332. The standard InChI is InChI=1S/C15H12FN3O3/c16-12-3-1-11(2-4-12)9-10-17-15(20)18-13-5-7-14(8-6-13)19(21)22/h1-10H,(H2,17,18,20)/b10-9+. The van der Waals surface area contributed by atoms with Crippen molar-refractivity contribution >= 4 is 23.5 Å². The molecule has 0 aliphatic rings. The second-order valence-electron chi connectivity index (χ2n) is 4.29. The fourth-order valence-electron chi connectivity index (χ4n) is 1.62. The van der Waals surface area contributed by atoms with Crippen molar-refractivity contribution in [3.63, 3.8) is 0 Å². The van der Waals surface area contributed by atoms with Crippen molar-refractivity contribution in [1.82, 2.24) is 5.32 Å². The van der Waals surface area contributed by atoms with Gasteiger partial charge in [-0.2, -0.15) is 0 Å². The third-order valence-corrected chi connectivity index (χ3v) is 2.70. The molecule has 0 spiro atoms. The van der Waals surface area contributed by atoms with Crippen LogP contribution in [0.2, 0.25) is 0 Å². The third kappa shape index (κ3) is 4.41. The van der Waals surface area contributed by atoms with Crippen LogP contribution in [0.4, 0.5) is 20.6 Å². The van der Waals surface area contributed by atoms with Gasteiger partial charge in [0.2, 0.25) is 0 Å². The number of nitrogens with one attached hydrogen (secondary N) is 2. The van der Waals surface area contributed by atoms with Gasteiger partial charge in [-0.25, -0.2) is 9.18 Å². The summed E-state index contributed by atoms with van der Waals surface area (Å²) in [5.41, 5.74) is 1.11. The number of nitro groups is 1. The minimum Gasteiger partial charge on any atom is -0.314 e. The van der Waals surface area contributed by atoms with Gasteiger partial charge in [0.15, 0.2) is 0 Å². The van der Waals surface area contributed by atoms with E-state index in [0.29, 0.717) is 5.69 Å². The largest absolute Gasteiger partial charge is 0.323 e. The molecule has 2 amide bonds. The molecule has 0 radical (unpaired) electrons. The van der Waals surface area contributed by atoms with E-state index in [0.717, 1.165) is 5.56 Å². The molecule has 2 rings (SSSR count). The highest BCUT2D eigenvalue weighted by Gasteiger charge is 2.05. The van der Waals surface area contributed by atoms with Crippen molar-refractivity contribution in [2.75, 3.05) is 5.32 Å². The number of halogens is 1. The number of amides is 2. The Hall–Kier alpha value is -3.22. The molecule has 0 aliphatic heterocycles. The zero-order valence-electron chi connectivity index (χ0n) is 11.3. The van der Waals surface area contributed by atoms with Crippen LogP contribution in [0.15, 0.2) is 54.7 Å². The van der Waals surface area contributed by atoms with E-state index >= 15 is 0 Å². The minimum atomic E-state index is -0.519. The number of benzene rings is 2. The molecule has 2 aromatic carbocycles. The van der Waals surface area contributed by atoms with Crippen molar-refractivity contribution in [2.45, 2.75) is 0 Å². The molecule has 0 atom stereocenters. The molecule has 0 aromatic heterocycles. The van der Waals surface area contributed by atoms with Crippen molar-refractivity contribution in [3.8, 4) is 0 Å². The van der Waals surface area contributed by atoms with Crippen LogP contribution in [0, 0.1) is 15.9 Å². The maximum atomic E-state index is 12.7. The number of hydrogen-bond donors (Lipinski definition) is 2. The van der Waals surface area contributed by atoms with Crippen molar-refractivity contribution < 1.29 is 14.1 Å². The highest BCUT2D eigenvalue weighted by molar-refractivity contribution is 5.90. The smallest absolute Gasteiger partial charge is 0.314 e. The van der Waals surface area contributed by atoms with E-state index < -0.39 is 11.0 Å². The van der Waals surface area contributed by atoms with Gasteiger partial charge < -0.3 is 10.6 Å². The molecule has 22 heavy (non-hydrogen) atoms. The number of nitro benzene ring substituents is 1. The average Bonchev–Trinajstić information content (AvgIpc) is 2.50. The van der Waals surface area contributed by atoms with E-state index in [1.54, 1.807) is 18.2 Å². The van der Waals surface area contributed by atoms with Crippen LogP contribution in [0.1, 0.15) is 5.56 Å². The van der Waals surface area contributed by atoms with Crippen LogP contribution in [-0.2, 0) is 0 Å². The normalized spacial score (nSPS) is 10.4. The second kappa shape index (κ2) is 6.98. The predicted octanol–water partition coefficient (Wildman–Crippen LogP) is 3.53. The molecular formula is C15H12FN3O3. The summed E-state index contributed by atoms with van der Waals surface area (Å²) in [6.07, 6.45) is 3.02. The Labute approximate surface area is 125 Å². The predicted molar refractivity (Wildman–Crippen MR) is 80.7 cm³/mol. The number of nitrogens with zero attached hydrogens (tertiary/aromatic N) is 1. The molecule has 0 heterocycles. The van der Waals surface area contributed by atoms with Crippen LogP contribution < -0.4 is 10.6 Å².